The molecule has 2 heterocycles. The van der Waals surface area contributed by atoms with Gasteiger partial charge in [0, 0.05) is 5.56 Å². The molecule has 0 atom stereocenters. The van der Waals surface area contributed by atoms with Gasteiger partial charge in [0.2, 0.25) is 5.89 Å². The SMILES string of the molecule is Cc1cccc(-c2nnc(SCC(=O)c3ccc(Br)s3)o2)c1. The fourth-order valence-corrected chi connectivity index (χ4v) is 3.89. The molecule has 7 heteroatoms. The summed E-state index contributed by atoms with van der Waals surface area (Å²) >= 11 is 6.03. The van der Waals surface area contributed by atoms with Crippen molar-refractivity contribution in [3.8, 4) is 11.5 Å². The second-order valence-corrected chi connectivity index (χ2v) is 7.95. The van der Waals surface area contributed by atoms with E-state index < -0.39 is 0 Å². The Kier molecular flexibility index (Phi) is 4.75. The number of carbonyl (C=O) groups excluding carboxylic acids is 1. The zero-order valence-corrected chi connectivity index (χ0v) is 14.8. The van der Waals surface area contributed by atoms with Crippen LogP contribution >= 0.6 is 39.0 Å². The van der Waals surface area contributed by atoms with Crippen molar-refractivity contribution in [2.45, 2.75) is 12.1 Å². The number of benzene rings is 1. The van der Waals surface area contributed by atoms with E-state index in [4.69, 9.17) is 4.42 Å². The van der Waals surface area contributed by atoms with E-state index in [1.54, 1.807) is 0 Å². The van der Waals surface area contributed by atoms with Crippen LogP contribution in [0.1, 0.15) is 15.2 Å². The smallest absolute Gasteiger partial charge is 0.277 e. The molecule has 3 aromatic rings. The monoisotopic (exact) mass is 394 g/mol. The minimum Gasteiger partial charge on any atom is -0.411 e. The molecule has 0 unspecified atom stereocenters. The Morgan fingerprint density at radius 3 is 2.91 bits per heavy atom. The van der Waals surface area contributed by atoms with Crippen molar-refractivity contribution < 1.29 is 9.21 Å². The second-order valence-electron chi connectivity index (χ2n) is 4.56. The van der Waals surface area contributed by atoms with Crippen LogP contribution in [-0.2, 0) is 0 Å². The molecule has 4 nitrogen and oxygen atoms in total. The fourth-order valence-electron chi connectivity index (χ4n) is 1.83. The minimum absolute atomic E-state index is 0.0519. The van der Waals surface area contributed by atoms with Gasteiger partial charge in [-0.3, -0.25) is 4.79 Å². The van der Waals surface area contributed by atoms with Crippen LogP contribution in [0, 0.1) is 6.92 Å². The maximum Gasteiger partial charge on any atom is 0.277 e. The van der Waals surface area contributed by atoms with Crippen LogP contribution in [0.2, 0.25) is 0 Å². The molecule has 0 saturated carbocycles. The normalized spacial score (nSPS) is 10.8. The fraction of sp³-hybridized carbons (Fsp3) is 0.133. The van der Waals surface area contributed by atoms with E-state index in [9.17, 15) is 4.79 Å². The van der Waals surface area contributed by atoms with Crippen LogP contribution in [0.25, 0.3) is 11.5 Å². The molecular weight excluding hydrogens is 384 g/mol. The number of nitrogens with zero attached hydrogens (tertiary/aromatic N) is 2. The van der Waals surface area contributed by atoms with E-state index in [1.165, 1.54) is 23.1 Å². The molecule has 0 bridgehead atoms. The number of ketones is 1. The minimum atomic E-state index is 0.0519. The number of rotatable bonds is 5. The quantitative estimate of drug-likeness (QED) is 0.457. The number of carbonyl (C=O) groups is 1. The molecule has 0 spiro atoms. The summed E-state index contributed by atoms with van der Waals surface area (Å²) in [4.78, 5) is 12.8. The van der Waals surface area contributed by atoms with Crippen LogP contribution in [-0.4, -0.2) is 21.7 Å². The molecule has 3 rings (SSSR count). The first-order chi connectivity index (χ1) is 10.6. The van der Waals surface area contributed by atoms with Crippen LogP contribution in [0.5, 0.6) is 0 Å². The number of Topliss-reactive ketones (excluding diaryl/α,β-unsaturated/α-hetero) is 1. The Hall–Kier alpha value is -1.44. The molecule has 0 saturated heterocycles. The average molecular weight is 395 g/mol. The van der Waals surface area contributed by atoms with Crippen LogP contribution < -0.4 is 0 Å². The van der Waals surface area contributed by atoms with E-state index in [1.807, 2.05) is 43.3 Å². The molecule has 2 aromatic heterocycles. The molecular formula is C15H11BrN2O2S2. The van der Waals surface area contributed by atoms with Gasteiger partial charge in [-0.25, -0.2) is 0 Å². The lowest BCUT2D eigenvalue weighted by molar-refractivity contribution is 0.102. The molecule has 0 radical (unpaired) electrons. The molecule has 112 valence electrons. The first-order valence-electron chi connectivity index (χ1n) is 6.44. The van der Waals surface area contributed by atoms with Gasteiger partial charge < -0.3 is 4.42 Å². The summed E-state index contributed by atoms with van der Waals surface area (Å²) in [7, 11) is 0. The number of aromatic nitrogens is 2. The predicted molar refractivity (Wildman–Crippen MR) is 91.5 cm³/mol. The van der Waals surface area contributed by atoms with Gasteiger partial charge in [0.05, 0.1) is 14.4 Å². The maximum absolute atomic E-state index is 12.0. The Bertz CT molecular complexity index is 813. The molecule has 1 aromatic carbocycles. The molecule has 0 aliphatic carbocycles. The third-order valence-electron chi connectivity index (χ3n) is 2.85. The standard InChI is InChI=1S/C15H11BrN2O2S2/c1-9-3-2-4-10(7-9)14-17-18-15(20-14)21-8-11(19)12-5-6-13(16)22-12/h2-7H,8H2,1H3. The Morgan fingerprint density at radius 2 is 2.18 bits per heavy atom. The van der Waals surface area contributed by atoms with Gasteiger partial charge in [-0.2, -0.15) is 0 Å². The van der Waals surface area contributed by atoms with E-state index in [-0.39, 0.29) is 11.5 Å². The maximum atomic E-state index is 12.0. The highest BCUT2D eigenvalue weighted by atomic mass is 79.9. The number of hydrogen-bond acceptors (Lipinski definition) is 6. The van der Waals surface area contributed by atoms with Crippen molar-refractivity contribution in [2.75, 3.05) is 5.75 Å². The van der Waals surface area contributed by atoms with Crippen LogP contribution in [0.3, 0.4) is 0 Å². The topological polar surface area (TPSA) is 56.0 Å². The summed E-state index contributed by atoms with van der Waals surface area (Å²) in [6.07, 6.45) is 0. The summed E-state index contributed by atoms with van der Waals surface area (Å²) in [6, 6.07) is 11.5. The molecule has 0 N–H and O–H groups in total. The van der Waals surface area contributed by atoms with Gasteiger partial charge in [0.15, 0.2) is 5.78 Å². The molecule has 22 heavy (non-hydrogen) atoms. The summed E-state index contributed by atoms with van der Waals surface area (Å²) in [5.74, 6) is 0.802. The van der Waals surface area contributed by atoms with Gasteiger partial charge in [-0.15, -0.1) is 21.5 Å². The first kappa shape index (κ1) is 15.5. The highest BCUT2D eigenvalue weighted by Crippen LogP contribution is 2.26. The van der Waals surface area contributed by atoms with Crippen LogP contribution in [0.4, 0.5) is 0 Å². The predicted octanol–water partition coefficient (Wildman–Crippen LogP) is 4.84. The zero-order chi connectivity index (χ0) is 15.5. The van der Waals surface area contributed by atoms with E-state index in [0.717, 1.165) is 19.8 Å². The number of thioether (sulfide) groups is 1. The first-order valence-corrected chi connectivity index (χ1v) is 9.03. The largest absolute Gasteiger partial charge is 0.411 e. The molecule has 0 aliphatic rings. The van der Waals surface area contributed by atoms with Gasteiger partial charge in [-0.05, 0) is 47.1 Å². The summed E-state index contributed by atoms with van der Waals surface area (Å²) in [5.41, 5.74) is 2.01. The summed E-state index contributed by atoms with van der Waals surface area (Å²) in [5, 5.41) is 8.41. The van der Waals surface area contributed by atoms with Crippen molar-refractivity contribution in [2.24, 2.45) is 0 Å². The summed E-state index contributed by atoms with van der Waals surface area (Å²) in [6.45, 7) is 2.01. The lowest BCUT2D eigenvalue weighted by Crippen LogP contribution is -1.98. The van der Waals surface area contributed by atoms with Gasteiger partial charge in [0.25, 0.3) is 5.22 Å². The number of thiophene rings is 1. The van der Waals surface area contributed by atoms with Gasteiger partial charge in [-0.1, -0.05) is 29.5 Å². The van der Waals surface area contributed by atoms with Crippen molar-refractivity contribution in [3.63, 3.8) is 0 Å². The lowest BCUT2D eigenvalue weighted by Gasteiger charge is -1.96. The Labute approximate surface area is 144 Å². The van der Waals surface area contributed by atoms with Crippen molar-refractivity contribution in [1.29, 1.82) is 0 Å². The zero-order valence-electron chi connectivity index (χ0n) is 11.6. The lowest BCUT2D eigenvalue weighted by atomic mass is 10.1. The van der Waals surface area contributed by atoms with Crippen LogP contribution in [0.15, 0.2) is 49.8 Å². The van der Waals surface area contributed by atoms with Gasteiger partial charge in [0.1, 0.15) is 0 Å². The number of halogens is 1. The number of aryl methyl sites for hydroxylation is 1. The molecule has 0 amide bonds. The second kappa shape index (κ2) is 6.76. The Balaban J connectivity index is 1.66. The molecule has 0 fully saturated rings. The van der Waals surface area contributed by atoms with E-state index >= 15 is 0 Å². The summed E-state index contributed by atoms with van der Waals surface area (Å²) < 4.78 is 6.54. The van der Waals surface area contributed by atoms with Gasteiger partial charge >= 0.3 is 0 Å². The van der Waals surface area contributed by atoms with Crippen molar-refractivity contribution >= 4 is 44.8 Å². The number of hydrogen-bond donors (Lipinski definition) is 0. The van der Waals surface area contributed by atoms with Crippen molar-refractivity contribution in [3.05, 3.63) is 50.6 Å². The third-order valence-corrected chi connectivity index (χ3v) is 5.33. The van der Waals surface area contributed by atoms with E-state index in [2.05, 4.69) is 26.1 Å². The molecule has 0 aliphatic heterocycles. The highest BCUT2D eigenvalue weighted by Gasteiger charge is 2.13. The van der Waals surface area contributed by atoms with E-state index in [0.29, 0.717) is 11.1 Å². The Morgan fingerprint density at radius 1 is 1.32 bits per heavy atom. The third kappa shape index (κ3) is 3.66. The highest BCUT2D eigenvalue weighted by molar-refractivity contribution is 9.11. The average Bonchev–Trinajstić information content (AvgIpc) is 3.14. The van der Waals surface area contributed by atoms with Crippen molar-refractivity contribution in [1.82, 2.24) is 10.2 Å².